The van der Waals surface area contributed by atoms with Gasteiger partial charge in [-0.25, -0.2) is 9.13 Å². The molecule has 5 aromatic carbocycles. The number of aromatic nitrogens is 4. The molecule has 7 aromatic rings. The normalized spacial score (nSPS) is 10.9. The highest BCUT2D eigenvalue weighted by Crippen LogP contribution is 2.18. The number of hydrogen-bond acceptors (Lipinski definition) is 0. The zero-order chi connectivity index (χ0) is 31.2. The van der Waals surface area contributed by atoms with Gasteiger partial charge in [0, 0.05) is 6.07 Å². The van der Waals surface area contributed by atoms with E-state index in [1.165, 1.54) is 40.9 Å². The fourth-order valence-corrected chi connectivity index (χ4v) is 7.42. The Balaban J connectivity index is 0.000000182. The van der Waals surface area contributed by atoms with Gasteiger partial charge in [0.1, 0.15) is 42.3 Å². The van der Waals surface area contributed by atoms with Gasteiger partial charge in [0.2, 0.25) is 0 Å². The smallest absolute Gasteiger partial charge is 0.322 e. The van der Waals surface area contributed by atoms with Crippen molar-refractivity contribution in [2.24, 2.45) is 14.1 Å². The molecule has 0 saturated carbocycles. The lowest BCUT2D eigenvalue weighted by molar-refractivity contribution is -0.683. The minimum Gasteiger partial charge on any atom is -1.00 e. The first kappa shape index (κ1) is 33.9. The summed E-state index contributed by atoms with van der Waals surface area (Å²) in [6.07, 6.45) is 7.08. The van der Waals surface area contributed by atoms with Crippen LogP contribution in [0.15, 0.2) is 170 Å². The first-order chi connectivity index (χ1) is 22.0. The monoisotopic (exact) mass is 890 g/mol. The second kappa shape index (κ2) is 15.4. The van der Waals surface area contributed by atoms with E-state index in [1.807, 2.05) is 0 Å². The molecule has 0 amide bonds. The SMILES string of the molecule is C[n+]1ccn(-c2cccc(-n3cc[n+](C)c3I)c2)c1I.[Br-].c1ccc([B-](c2ccccc2)(c2ccccc2)c2ccccc2)cc1. The minimum atomic E-state index is -1.22. The molecule has 0 fully saturated rings. The maximum atomic E-state index is 2.35. The quantitative estimate of drug-likeness (QED) is 0.139. The first-order valence-corrected chi connectivity index (χ1v) is 17.1. The molecule has 0 aliphatic carbocycles. The Morgan fingerprint density at radius 3 is 1.02 bits per heavy atom. The van der Waals surface area contributed by atoms with Crippen molar-refractivity contribution in [1.82, 2.24) is 9.13 Å². The molecule has 0 spiro atoms. The maximum absolute atomic E-state index is 2.35. The third-order valence-electron chi connectivity index (χ3n) is 8.44. The standard InChI is InChI=1S/C24H20B.C14H14I2N4.BrH/c1-5-13-21(14-6-1)25(22-15-7-2-8-16-22,23-17-9-3-10-18-23)24-19-11-4-12-20-24;1-17-6-8-19(13(17)15)11-4-3-5-12(10-11)20-9-7-18(2)14(20)16;/h1-20H;3-10H,1-2H3;1H/q-1;+2;/p-1. The van der Waals surface area contributed by atoms with E-state index in [4.69, 9.17) is 0 Å². The topological polar surface area (TPSA) is 17.6 Å². The molecule has 0 saturated heterocycles. The third-order valence-corrected chi connectivity index (χ3v) is 11.0. The number of rotatable bonds is 6. The van der Waals surface area contributed by atoms with Gasteiger partial charge in [-0.05, 0) is 12.1 Å². The fraction of sp³-hybridized carbons (Fsp3) is 0.0526. The van der Waals surface area contributed by atoms with Crippen LogP contribution >= 0.6 is 45.2 Å². The van der Waals surface area contributed by atoms with Gasteiger partial charge in [-0.2, -0.15) is 31.0 Å². The summed E-state index contributed by atoms with van der Waals surface area (Å²) in [5, 5.41) is 0. The van der Waals surface area contributed by atoms with E-state index in [2.05, 4.69) is 248 Å². The van der Waals surface area contributed by atoms with Gasteiger partial charge >= 0.3 is 7.66 Å². The number of halogens is 3. The van der Waals surface area contributed by atoms with Crippen LogP contribution in [0.25, 0.3) is 11.4 Å². The molecule has 0 radical (unpaired) electrons. The highest BCUT2D eigenvalue weighted by Gasteiger charge is 2.31. The van der Waals surface area contributed by atoms with E-state index in [0.29, 0.717) is 0 Å². The van der Waals surface area contributed by atoms with Gasteiger partial charge in [0.05, 0.1) is 59.3 Å². The highest BCUT2D eigenvalue weighted by molar-refractivity contribution is 14.1. The number of imidazole rings is 2. The average molecular weight is 891 g/mol. The van der Waals surface area contributed by atoms with Gasteiger partial charge < -0.3 is 17.0 Å². The van der Waals surface area contributed by atoms with Gasteiger partial charge in [-0.15, -0.1) is 0 Å². The zero-order valence-corrected chi connectivity index (χ0v) is 31.6. The van der Waals surface area contributed by atoms with E-state index in [-0.39, 0.29) is 17.0 Å². The summed E-state index contributed by atoms with van der Waals surface area (Å²) >= 11 is 4.71. The molecule has 0 atom stereocenters. The number of aryl methyl sites for hydroxylation is 2. The lowest BCUT2D eigenvalue weighted by Crippen LogP contribution is -3.00. The predicted molar refractivity (Wildman–Crippen MR) is 203 cm³/mol. The van der Waals surface area contributed by atoms with Crippen molar-refractivity contribution in [1.29, 1.82) is 0 Å². The van der Waals surface area contributed by atoms with Crippen molar-refractivity contribution in [3.05, 3.63) is 178 Å². The summed E-state index contributed by atoms with van der Waals surface area (Å²) in [6, 6.07) is 52.1. The Labute approximate surface area is 309 Å². The largest absolute Gasteiger partial charge is 1.00 e. The summed E-state index contributed by atoms with van der Waals surface area (Å²) in [5.74, 6) is 0. The van der Waals surface area contributed by atoms with Crippen molar-refractivity contribution in [2.45, 2.75) is 0 Å². The van der Waals surface area contributed by atoms with Gasteiger partial charge in [-0.1, -0.05) is 127 Å². The summed E-state index contributed by atoms with van der Waals surface area (Å²) in [7, 11) is 4.11. The lowest BCUT2D eigenvalue weighted by Gasteiger charge is -2.44. The zero-order valence-electron chi connectivity index (χ0n) is 25.7. The molecule has 8 heteroatoms. The molecule has 230 valence electrons. The average Bonchev–Trinajstić information content (AvgIpc) is 3.62. The molecule has 0 bridgehead atoms. The molecule has 2 aromatic heterocycles. The van der Waals surface area contributed by atoms with Crippen LogP contribution in [0.1, 0.15) is 0 Å². The predicted octanol–water partition coefficient (Wildman–Crippen LogP) is 2.19. The third kappa shape index (κ3) is 6.79. The Morgan fingerprint density at radius 2 is 0.761 bits per heavy atom. The molecule has 7 rings (SSSR count). The van der Waals surface area contributed by atoms with Crippen LogP contribution in [0.2, 0.25) is 0 Å². The molecular formula is C38H34BBrI2N4. The van der Waals surface area contributed by atoms with Crippen LogP contribution in [0.4, 0.5) is 0 Å². The highest BCUT2D eigenvalue weighted by atomic mass is 127. The van der Waals surface area contributed by atoms with Gasteiger partial charge in [-0.3, -0.25) is 0 Å². The van der Waals surface area contributed by atoms with E-state index in [1.54, 1.807) is 0 Å². The van der Waals surface area contributed by atoms with Crippen molar-refractivity contribution >= 4 is 73.2 Å². The Morgan fingerprint density at radius 1 is 0.457 bits per heavy atom. The second-order valence-corrected chi connectivity index (χ2v) is 13.1. The molecule has 0 aliphatic rings. The summed E-state index contributed by atoms with van der Waals surface area (Å²) < 4.78 is 10.9. The van der Waals surface area contributed by atoms with Crippen molar-refractivity contribution in [3.63, 3.8) is 0 Å². The van der Waals surface area contributed by atoms with Crippen LogP contribution in [-0.2, 0) is 14.1 Å². The summed E-state index contributed by atoms with van der Waals surface area (Å²) in [5.41, 5.74) is 7.69. The molecule has 0 unspecified atom stereocenters. The molecule has 4 nitrogen and oxygen atoms in total. The van der Waals surface area contributed by atoms with E-state index >= 15 is 0 Å². The van der Waals surface area contributed by atoms with Crippen molar-refractivity contribution in [3.8, 4) is 11.4 Å². The van der Waals surface area contributed by atoms with E-state index < -0.39 is 6.15 Å². The Bertz CT molecular complexity index is 1770. The van der Waals surface area contributed by atoms with E-state index in [9.17, 15) is 0 Å². The van der Waals surface area contributed by atoms with Crippen LogP contribution < -0.4 is 48.0 Å². The van der Waals surface area contributed by atoms with Crippen LogP contribution in [-0.4, -0.2) is 15.3 Å². The maximum Gasteiger partial charge on any atom is 0.322 e. The Hall–Kier alpha value is -3.48. The van der Waals surface area contributed by atoms with Crippen LogP contribution in [0, 0.1) is 7.66 Å². The number of hydrogen-bond donors (Lipinski definition) is 0. The molecule has 2 heterocycles. The van der Waals surface area contributed by atoms with Crippen LogP contribution in [0.5, 0.6) is 0 Å². The first-order valence-electron chi connectivity index (χ1n) is 14.9. The molecule has 46 heavy (non-hydrogen) atoms. The second-order valence-electron chi connectivity index (χ2n) is 11.1. The molecule has 0 N–H and O–H groups in total. The van der Waals surface area contributed by atoms with Crippen molar-refractivity contribution in [2.75, 3.05) is 0 Å². The van der Waals surface area contributed by atoms with Crippen LogP contribution in [0.3, 0.4) is 0 Å². The minimum absolute atomic E-state index is 0. The van der Waals surface area contributed by atoms with Gasteiger partial charge in [0.25, 0.3) is 0 Å². The summed E-state index contributed by atoms with van der Waals surface area (Å²) in [6.45, 7) is 0. The van der Waals surface area contributed by atoms with Crippen molar-refractivity contribution < 1.29 is 26.1 Å². The Kier molecular flexibility index (Phi) is 11.3. The number of benzene rings is 5. The number of nitrogens with zero attached hydrogens (tertiary/aromatic N) is 4. The molecule has 0 aliphatic heterocycles. The fourth-order valence-electron chi connectivity index (χ4n) is 6.22. The van der Waals surface area contributed by atoms with E-state index in [0.717, 1.165) is 0 Å². The lowest BCUT2D eigenvalue weighted by atomic mass is 9.13. The van der Waals surface area contributed by atoms with Gasteiger partial charge in [0.15, 0.2) is 0 Å². The summed E-state index contributed by atoms with van der Waals surface area (Å²) in [4.78, 5) is 0. The molecular weight excluding hydrogens is 857 g/mol.